The molecule has 1 rings (SSSR count). The topological polar surface area (TPSA) is 55.4 Å². The Morgan fingerprint density at radius 1 is 1.32 bits per heavy atom. The quantitative estimate of drug-likeness (QED) is 0.707. The van der Waals surface area contributed by atoms with E-state index in [4.69, 9.17) is 4.74 Å². The molecule has 0 bridgehead atoms. The third-order valence-electron chi connectivity index (χ3n) is 3.76. The van der Waals surface area contributed by atoms with Gasteiger partial charge < -0.3 is 10.1 Å². The van der Waals surface area contributed by atoms with Crippen LogP contribution in [0.5, 0.6) is 0 Å². The fraction of sp³-hybridized carbons (Fsp3) is 1.00. The maximum Gasteiger partial charge on any atom is 0.150 e. The molecule has 4 nitrogen and oxygen atoms in total. The van der Waals surface area contributed by atoms with E-state index in [0.717, 1.165) is 38.8 Å². The lowest BCUT2D eigenvalue weighted by Gasteiger charge is -2.27. The van der Waals surface area contributed by atoms with Crippen molar-refractivity contribution < 1.29 is 13.2 Å². The van der Waals surface area contributed by atoms with Gasteiger partial charge in [0.1, 0.15) is 9.84 Å². The van der Waals surface area contributed by atoms with Gasteiger partial charge in [0.05, 0.1) is 11.9 Å². The number of hydrogen-bond donors (Lipinski definition) is 1. The van der Waals surface area contributed by atoms with E-state index in [1.807, 2.05) is 0 Å². The van der Waals surface area contributed by atoms with Gasteiger partial charge >= 0.3 is 0 Å². The van der Waals surface area contributed by atoms with Crippen LogP contribution in [0.1, 0.15) is 52.4 Å². The predicted molar refractivity (Wildman–Crippen MR) is 79.2 cm³/mol. The molecule has 0 saturated carbocycles. The van der Waals surface area contributed by atoms with Crippen molar-refractivity contribution in [2.45, 2.75) is 64.5 Å². The van der Waals surface area contributed by atoms with E-state index >= 15 is 0 Å². The molecule has 19 heavy (non-hydrogen) atoms. The minimum atomic E-state index is -2.82. The number of rotatable bonds is 9. The fourth-order valence-electron chi connectivity index (χ4n) is 2.60. The van der Waals surface area contributed by atoms with Crippen LogP contribution in [0.3, 0.4) is 0 Å². The smallest absolute Gasteiger partial charge is 0.150 e. The molecule has 114 valence electrons. The Hall–Kier alpha value is -0.130. The summed E-state index contributed by atoms with van der Waals surface area (Å²) < 4.78 is 28.7. The van der Waals surface area contributed by atoms with Crippen molar-refractivity contribution in [3.8, 4) is 0 Å². The zero-order valence-corrected chi connectivity index (χ0v) is 13.2. The van der Waals surface area contributed by atoms with Crippen molar-refractivity contribution in [3.05, 3.63) is 0 Å². The Bertz CT molecular complexity index is 324. The van der Waals surface area contributed by atoms with Gasteiger partial charge in [-0.1, -0.05) is 13.8 Å². The summed E-state index contributed by atoms with van der Waals surface area (Å²) in [5.41, 5.74) is 0. The number of nitrogens with one attached hydrogen (secondary N) is 1. The van der Waals surface area contributed by atoms with E-state index in [2.05, 4.69) is 12.2 Å². The van der Waals surface area contributed by atoms with Gasteiger partial charge in [-0.3, -0.25) is 0 Å². The molecule has 1 saturated heterocycles. The molecule has 0 aromatic carbocycles. The maximum atomic E-state index is 11.5. The summed E-state index contributed by atoms with van der Waals surface area (Å²) in [6.45, 7) is 5.62. The van der Waals surface area contributed by atoms with Crippen LogP contribution in [0.25, 0.3) is 0 Å². The molecule has 1 N–H and O–H groups in total. The Kier molecular flexibility index (Phi) is 7.95. The number of hydrogen-bond acceptors (Lipinski definition) is 4. The first-order valence-corrected chi connectivity index (χ1v) is 9.45. The third kappa shape index (κ3) is 7.28. The normalized spacial score (nSPS) is 22.3. The second-order valence-corrected chi connectivity index (χ2v) is 7.83. The van der Waals surface area contributed by atoms with E-state index in [9.17, 15) is 8.42 Å². The maximum absolute atomic E-state index is 11.5. The zero-order chi connectivity index (χ0) is 14.1. The first-order valence-electron chi connectivity index (χ1n) is 7.62. The van der Waals surface area contributed by atoms with Gasteiger partial charge in [0.25, 0.3) is 0 Å². The van der Waals surface area contributed by atoms with Gasteiger partial charge in [-0.05, 0) is 45.1 Å². The van der Waals surface area contributed by atoms with Crippen LogP contribution in [-0.2, 0) is 14.6 Å². The molecule has 0 aliphatic carbocycles. The molecule has 5 heteroatoms. The summed E-state index contributed by atoms with van der Waals surface area (Å²) >= 11 is 0. The van der Waals surface area contributed by atoms with Crippen LogP contribution in [0.15, 0.2) is 0 Å². The second kappa shape index (κ2) is 8.93. The standard InChI is InChI=1S/C14H29NO3S/c1-3-15-13(8-7-11-19(16,17)4-2)12-14-9-5-6-10-18-14/h13-15H,3-12H2,1-2H3. The van der Waals surface area contributed by atoms with Crippen LogP contribution in [0, 0.1) is 0 Å². The van der Waals surface area contributed by atoms with Gasteiger partial charge in [-0.25, -0.2) is 8.42 Å². The van der Waals surface area contributed by atoms with Crippen LogP contribution in [0.2, 0.25) is 0 Å². The average Bonchev–Trinajstić information content (AvgIpc) is 2.40. The van der Waals surface area contributed by atoms with E-state index in [0.29, 0.717) is 17.9 Å². The van der Waals surface area contributed by atoms with E-state index in [1.54, 1.807) is 6.92 Å². The summed E-state index contributed by atoms with van der Waals surface area (Å²) in [7, 11) is -2.82. The highest BCUT2D eigenvalue weighted by atomic mass is 32.2. The van der Waals surface area contributed by atoms with Gasteiger partial charge in [0.15, 0.2) is 0 Å². The summed E-state index contributed by atoms with van der Waals surface area (Å²) in [5.74, 6) is 0.571. The number of sulfone groups is 1. The molecule has 0 radical (unpaired) electrons. The SMILES string of the molecule is CCNC(CCCS(=O)(=O)CC)CC1CCCCO1. The Morgan fingerprint density at radius 3 is 2.68 bits per heavy atom. The lowest BCUT2D eigenvalue weighted by molar-refractivity contribution is 0.00479. The van der Waals surface area contributed by atoms with Crippen LogP contribution in [-0.4, -0.2) is 45.2 Å². The molecular weight excluding hydrogens is 262 g/mol. The summed E-state index contributed by atoms with van der Waals surface area (Å²) in [5, 5.41) is 3.46. The van der Waals surface area contributed by atoms with Gasteiger partial charge in [0.2, 0.25) is 0 Å². The molecule has 0 amide bonds. The van der Waals surface area contributed by atoms with Crippen molar-refractivity contribution in [2.75, 3.05) is 24.7 Å². The van der Waals surface area contributed by atoms with Crippen molar-refractivity contribution in [1.82, 2.24) is 5.32 Å². The van der Waals surface area contributed by atoms with Crippen LogP contribution >= 0.6 is 0 Å². The predicted octanol–water partition coefficient (Wildman–Crippen LogP) is 2.14. The molecule has 1 heterocycles. The highest BCUT2D eigenvalue weighted by molar-refractivity contribution is 7.91. The lowest BCUT2D eigenvalue weighted by Crippen LogP contribution is -2.35. The van der Waals surface area contributed by atoms with Gasteiger partial charge in [-0.15, -0.1) is 0 Å². The third-order valence-corrected chi connectivity index (χ3v) is 5.55. The lowest BCUT2D eigenvalue weighted by atomic mass is 9.99. The van der Waals surface area contributed by atoms with Crippen molar-refractivity contribution in [3.63, 3.8) is 0 Å². The zero-order valence-electron chi connectivity index (χ0n) is 12.4. The largest absolute Gasteiger partial charge is 0.378 e. The molecule has 2 atom stereocenters. The molecule has 0 aromatic rings. The molecule has 0 aromatic heterocycles. The minimum absolute atomic E-state index is 0.255. The molecular formula is C14H29NO3S. The van der Waals surface area contributed by atoms with Crippen LogP contribution in [0.4, 0.5) is 0 Å². The van der Waals surface area contributed by atoms with Crippen molar-refractivity contribution in [2.24, 2.45) is 0 Å². The van der Waals surface area contributed by atoms with Crippen molar-refractivity contribution in [1.29, 1.82) is 0 Å². The van der Waals surface area contributed by atoms with E-state index < -0.39 is 9.84 Å². The van der Waals surface area contributed by atoms with Crippen molar-refractivity contribution >= 4 is 9.84 Å². The molecule has 2 unspecified atom stereocenters. The second-order valence-electron chi connectivity index (χ2n) is 5.36. The summed E-state index contributed by atoms with van der Waals surface area (Å²) in [6.07, 6.45) is 6.63. The monoisotopic (exact) mass is 291 g/mol. The molecule has 0 spiro atoms. The highest BCUT2D eigenvalue weighted by Gasteiger charge is 2.19. The van der Waals surface area contributed by atoms with Gasteiger partial charge in [0, 0.05) is 18.4 Å². The summed E-state index contributed by atoms with van der Waals surface area (Å²) in [6, 6.07) is 0.389. The average molecular weight is 291 g/mol. The first kappa shape index (κ1) is 16.9. The van der Waals surface area contributed by atoms with E-state index in [1.165, 1.54) is 12.8 Å². The fourth-order valence-corrected chi connectivity index (χ4v) is 3.49. The Balaban J connectivity index is 2.31. The molecule has 1 aliphatic rings. The minimum Gasteiger partial charge on any atom is -0.378 e. The van der Waals surface area contributed by atoms with Crippen LogP contribution < -0.4 is 5.32 Å². The summed E-state index contributed by atoms with van der Waals surface area (Å²) in [4.78, 5) is 0. The number of ether oxygens (including phenoxy) is 1. The Morgan fingerprint density at radius 2 is 2.11 bits per heavy atom. The van der Waals surface area contributed by atoms with Gasteiger partial charge in [-0.2, -0.15) is 0 Å². The highest BCUT2D eigenvalue weighted by Crippen LogP contribution is 2.19. The van der Waals surface area contributed by atoms with E-state index in [-0.39, 0.29) is 5.75 Å². The molecule has 1 fully saturated rings. The first-order chi connectivity index (χ1) is 9.07. The Labute approximate surface area is 118 Å². The molecule has 1 aliphatic heterocycles.